The average molecular weight is 647 g/mol. The summed E-state index contributed by atoms with van der Waals surface area (Å²) in [6, 6.07) is 3.49. The van der Waals surface area contributed by atoms with Crippen LogP contribution in [-0.2, 0) is 9.53 Å². The maximum atomic E-state index is 13.0. The van der Waals surface area contributed by atoms with Crippen LogP contribution >= 0.6 is 0 Å². The molecular weight excluding hydrogens is 588 g/mol. The van der Waals surface area contributed by atoms with Gasteiger partial charge in [-0.05, 0) is 74.3 Å². The molecule has 0 saturated carbocycles. The third kappa shape index (κ3) is 13.1. The van der Waals surface area contributed by atoms with E-state index in [1.165, 1.54) is 57.6 Å². The zero-order chi connectivity index (χ0) is 34.7. The number of unbranched alkanes of at least 4 members (excludes halogenated alkanes) is 3. The van der Waals surface area contributed by atoms with Gasteiger partial charge in [-0.3, -0.25) is 24.5 Å². The summed E-state index contributed by atoms with van der Waals surface area (Å²) in [6.07, 6.45) is 21.5. The maximum Gasteiger partial charge on any atom is 0.257 e. The van der Waals surface area contributed by atoms with E-state index < -0.39 is 0 Å². The summed E-state index contributed by atoms with van der Waals surface area (Å²) < 4.78 is 5.45. The van der Waals surface area contributed by atoms with Crippen LogP contribution in [0.4, 0.5) is 11.4 Å². The number of aliphatic imine (C=N–C) groups is 1. The van der Waals surface area contributed by atoms with Crippen LogP contribution in [0.1, 0.15) is 126 Å². The number of allylic oxidation sites excluding steroid dienone is 2. The molecule has 0 aromatic carbocycles. The standard InChI is InChI=1S/C25H32N6O2.C13H26O/c1-6-8-18(21(12-26)13-27-5)9-19-10-20(14-28-16(19)3)25(33)31-23-11-22(15-29-17(23)4)30-24(32)7-2;1-3-5-6-7-8-13(4-2)9-11-14-12-10-13/h9-15H,6-8,26H2,1-5H3,(H,30,32)(H,31,33);3-12H2,1-2H3/b18-9+,21-12+,27-13?;. The van der Waals surface area contributed by atoms with E-state index in [-0.39, 0.29) is 11.8 Å². The topological polar surface area (TPSA) is 132 Å². The van der Waals surface area contributed by atoms with Gasteiger partial charge in [-0.1, -0.05) is 66.2 Å². The Hall–Kier alpha value is -3.85. The molecule has 1 fully saturated rings. The zero-order valence-corrected chi connectivity index (χ0v) is 29.9. The Morgan fingerprint density at radius 2 is 1.70 bits per heavy atom. The van der Waals surface area contributed by atoms with Crippen molar-refractivity contribution in [2.75, 3.05) is 30.9 Å². The largest absolute Gasteiger partial charge is 0.404 e. The van der Waals surface area contributed by atoms with E-state index >= 15 is 0 Å². The number of amides is 2. The number of aryl methyl sites for hydroxylation is 2. The predicted molar refractivity (Wildman–Crippen MR) is 196 cm³/mol. The van der Waals surface area contributed by atoms with Crippen molar-refractivity contribution in [3.05, 3.63) is 64.4 Å². The minimum atomic E-state index is -0.317. The van der Waals surface area contributed by atoms with E-state index in [1.807, 2.05) is 13.0 Å². The second kappa shape index (κ2) is 21.1. The van der Waals surface area contributed by atoms with Crippen LogP contribution in [0.25, 0.3) is 6.08 Å². The Labute approximate surface area is 283 Å². The molecule has 9 heteroatoms. The van der Waals surface area contributed by atoms with Crippen LogP contribution in [0.15, 0.2) is 46.9 Å². The molecule has 1 saturated heterocycles. The molecule has 2 amide bonds. The second-order valence-electron chi connectivity index (χ2n) is 12.3. The van der Waals surface area contributed by atoms with Crippen LogP contribution in [0.5, 0.6) is 0 Å². The highest BCUT2D eigenvalue weighted by atomic mass is 16.5. The highest BCUT2D eigenvalue weighted by Crippen LogP contribution is 2.39. The first kappa shape index (κ1) is 39.3. The van der Waals surface area contributed by atoms with E-state index in [0.29, 0.717) is 34.5 Å². The fraction of sp³-hybridized carbons (Fsp3) is 0.553. The Balaban J connectivity index is 0.000000456. The first-order valence-corrected chi connectivity index (χ1v) is 17.3. The molecule has 0 spiro atoms. The Morgan fingerprint density at radius 3 is 2.32 bits per heavy atom. The van der Waals surface area contributed by atoms with Crippen LogP contribution in [0.2, 0.25) is 0 Å². The molecule has 0 aliphatic carbocycles. The van der Waals surface area contributed by atoms with Gasteiger partial charge in [0.1, 0.15) is 0 Å². The maximum absolute atomic E-state index is 13.0. The van der Waals surface area contributed by atoms with Gasteiger partial charge >= 0.3 is 0 Å². The van der Waals surface area contributed by atoms with E-state index in [2.05, 4.69) is 46.4 Å². The molecular formula is C38H58N6O3. The van der Waals surface area contributed by atoms with Crippen LogP contribution in [0.3, 0.4) is 0 Å². The molecule has 9 nitrogen and oxygen atoms in total. The van der Waals surface area contributed by atoms with Crippen molar-refractivity contribution in [1.82, 2.24) is 9.97 Å². The van der Waals surface area contributed by atoms with E-state index in [4.69, 9.17) is 10.5 Å². The zero-order valence-electron chi connectivity index (χ0n) is 29.9. The molecule has 2 aromatic heterocycles. The summed E-state index contributed by atoms with van der Waals surface area (Å²) in [5.41, 5.74) is 12.0. The van der Waals surface area contributed by atoms with Crippen molar-refractivity contribution < 1.29 is 14.3 Å². The first-order valence-electron chi connectivity index (χ1n) is 17.3. The molecule has 258 valence electrons. The van der Waals surface area contributed by atoms with Gasteiger partial charge < -0.3 is 21.1 Å². The number of nitrogens with zero attached hydrogens (tertiary/aromatic N) is 3. The lowest BCUT2D eigenvalue weighted by molar-refractivity contribution is -0.115. The lowest BCUT2D eigenvalue weighted by atomic mass is 9.74. The number of ether oxygens (including phenoxy) is 1. The van der Waals surface area contributed by atoms with Crippen LogP contribution in [-0.4, -0.2) is 48.3 Å². The summed E-state index contributed by atoms with van der Waals surface area (Å²) in [6.45, 7) is 14.2. The number of nitrogens with two attached hydrogens (primary N) is 1. The molecule has 47 heavy (non-hydrogen) atoms. The molecule has 2 aromatic rings. The van der Waals surface area contributed by atoms with Crippen molar-refractivity contribution in [3.8, 4) is 0 Å². The third-order valence-electron chi connectivity index (χ3n) is 8.86. The number of aromatic nitrogens is 2. The second-order valence-corrected chi connectivity index (χ2v) is 12.3. The van der Waals surface area contributed by atoms with Crippen LogP contribution < -0.4 is 16.4 Å². The Kier molecular flexibility index (Phi) is 17.7. The molecule has 0 unspecified atom stereocenters. The SMILES string of the molecule is CCCC(=C\c1cc(C(=O)Nc2cc(NC(=O)CC)cnc2C)cnc1C)/C(C=NC)=C/N.CCCCCCC1(CC)CCOCC1. The van der Waals surface area contributed by atoms with Gasteiger partial charge in [-0.2, -0.15) is 0 Å². The van der Waals surface area contributed by atoms with Gasteiger partial charge in [0, 0.05) is 56.6 Å². The van der Waals surface area contributed by atoms with E-state index in [1.54, 1.807) is 51.6 Å². The monoisotopic (exact) mass is 646 g/mol. The Morgan fingerprint density at radius 1 is 0.979 bits per heavy atom. The summed E-state index contributed by atoms with van der Waals surface area (Å²) in [5, 5.41) is 5.62. The minimum absolute atomic E-state index is 0.126. The Bertz CT molecular complexity index is 1380. The molecule has 0 atom stereocenters. The molecule has 4 N–H and O–H groups in total. The number of pyridine rings is 2. The fourth-order valence-corrected chi connectivity index (χ4v) is 5.63. The van der Waals surface area contributed by atoms with Crippen molar-refractivity contribution >= 4 is 35.5 Å². The third-order valence-corrected chi connectivity index (χ3v) is 8.86. The van der Waals surface area contributed by atoms with Gasteiger partial charge in [-0.25, -0.2) is 0 Å². The first-order chi connectivity index (χ1) is 22.6. The highest BCUT2D eigenvalue weighted by molar-refractivity contribution is 6.05. The van der Waals surface area contributed by atoms with Gasteiger partial charge in [0.25, 0.3) is 5.91 Å². The number of hydrogen-bond donors (Lipinski definition) is 3. The van der Waals surface area contributed by atoms with Crippen molar-refractivity contribution in [3.63, 3.8) is 0 Å². The highest BCUT2D eigenvalue weighted by Gasteiger charge is 2.29. The smallest absolute Gasteiger partial charge is 0.257 e. The van der Waals surface area contributed by atoms with Gasteiger partial charge in [0.05, 0.1) is 28.8 Å². The van der Waals surface area contributed by atoms with Gasteiger partial charge in [0.2, 0.25) is 5.91 Å². The van der Waals surface area contributed by atoms with Crippen molar-refractivity contribution in [2.45, 2.75) is 112 Å². The number of carbonyl (C=O) groups excluding carboxylic acids is 2. The van der Waals surface area contributed by atoms with Gasteiger partial charge in [0.15, 0.2) is 0 Å². The van der Waals surface area contributed by atoms with E-state index in [9.17, 15) is 9.59 Å². The van der Waals surface area contributed by atoms with Crippen LogP contribution in [0, 0.1) is 19.3 Å². The summed E-state index contributed by atoms with van der Waals surface area (Å²) in [7, 11) is 1.70. The minimum Gasteiger partial charge on any atom is -0.404 e. The van der Waals surface area contributed by atoms with Crippen molar-refractivity contribution in [2.24, 2.45) is 16.1 Å². The number of nitrogens with one attached hydrogen (secondary N) is 2. The van der Waals surface area contributed by atoms with Crippen molar-refractivity contribution in [1.29, 1.82) is 0 Å². The number of hydrogen-bond acceptors (Lipinski definition) is 7. The quantitative estimate of drug-likeness (QED) is 0.101. The predicted octanol–water partition coefficient (Wildman–Crippen LogP) is 8.58. The molecule has 3 heterocycles. The lowest BCUT2D eigenvalue weighted by Gasteiger charge is -2.36. The summed E-state index contributed by atoms with van der Waals surface area (Å²) >= 11 is 0. The van der Waals surface area contributed by atoms with E-state index in [0.717, 1.165) is 48.5 Å². The fourth-order valence-electron chi connectivity index (χ4n) is 5.63. The summed E-state index contributed by atoms with van der Waals surface area (Å²) in [4.78, 5) is 37.4. The van der Waals surface area contributed by atoms with Gasteiger partial charge in [-0.15, -0.1) is 0 Å². The molecule has 3 rings (SSSR count). The lowest BCUT2D eigenvalue weighted by Crippen LogP contribution is -2.28. The normalized spacial score (nSPS) is 14.8. The summed E-state index contributed by atoms with van der Waals surface area (Å²) in [5.74, 6) is -0.443. The molecule has 1 aliphatic heterocycles. The molecule has 0 radical (unpaired) electrons. The molecule has 0 bridgehead atoms. The number of anilines is 2. The molecule has 1 aliphatic rings. The number of rotatable bonds is 15. The number of carbonyl (C=O) groups is 2. The average Bonchev–Trinajstić information content (AvgIpc) is 3.08.